The summed E-state index contributed by atoms with van der Waals surface area (Å²) in [5, 5.41) is 2.10. The molecule has 0 spiro atoms. The molecule has 1 heterocycles. The molecule has 13 heavy (non-hydrogen) atoms. The van der Waals surface area contributed by atoms with E-state index in [1.165, 1.54) is 10.4 Å². The molecule has 0 atom stereocenters. The van der Waals surface area contributed by atoms with E-state index in [2.05, 4.69) is 43.8 Å². The molecule has 0 N–H and O–H groups in total. The van der Waals surface area contributed by atoms with E-state index in [0.29, 0.717) is 5.92 Å². The number of aryl methyl sites for hydroxylation is 1. The molecule has 0 aliphatic carbocycles. The van der Waals surface area contributed by atoms with Gasteiger partial charge in [-0.25, -0.2) is 0 Å². The summed E-state index contributed by atoms with van der Waals surface area (Å²) in [5.74, 6) is 0.450. The standard InChI is InChI=1S/C11H15NS/c1-5-12-11(8(2)3)10-6-7-13-9(10)4/h5-8H,1H2,2-4H3. The van der Waals surface area contributed by atoms with Crippen LogP contribution in [0.2, 0.25) is 0 Å². The van der Waals surface area contributed by atoms with Gasteiger partial charge in [0.2, 0.25) is 0 Å². The SMILES string of the molecule is C=CN=C(c1ccsc1C)C(C)C. The van der Waals surface area contributed by atoms with E-state index in [4.69, 9.17) is 0 Å². The van der Waals surface area contributed by atoms with E-state index < -0.39 is 0 Å². The summed E-state index contributed by atoms with van der Waals surface area (Å²) in [6.45, 7) is 10.1. The van der Waals surface area contributed by atoms with Crippen LogP contribution in [-0.2, 0) is 0 Å². The van der Waals surface area contributed by atoms with Gasteiger partial charge in [-0.3, -0.25) is 4.99 Å². The van der Waals surface area contributed by atoms with Crippen LogP contribution in [0, 0.1) is 12.8 Å². The van der Waals surface area contributed by atoms with Gasteiger partial charge >= 0.3 is 0 Å². The molecular weight excluding hydrogens is 178 g/mol. The number of rotatable bonds is 3. The lowest BCUT2D eigenvalue weighted by atomic mass is 10.0. The molecular formula is C11H15NS. The van der Waals surface area contributed by atoms with Crippen molar-refractivity contribution in [2.75, 3.05) is 0 Å². The topological polar surface area (TPSA) is 12.4 Å². The Bertz CT molecular complexity index is 321. The average Bonchev–Trinajstić information content (AvgIpc) is 2.47. The first-order valence-electron chi connectivity index (χ1n) is 4.40. The van der Waals surface area contributed by atoms with E-state index in [0.717, 1.165) is 5.71 Å². The summed E-state index contributed by atoms with van der Waals surface area (Å²) in [5.41, 5.74) is 2.40. The van der Waals surface area contributed by atoms with Crippen LogP contribution in [0.25, 0.3) is 0 Å². The van der Waals surface area contributed by atoms with Gasteiger partial charge in [0.05, 0.1) is 5.71 Å². The third-order valence-electron chi connectivity index (χ3n) is 1.91. The number of hydrogen-bond acceptors (Lipinski definition) is 2. The van der Waals surface area contributed by atoms with Crippen LogP contribution in [0.5, 0.6) is 0 Å². The highest BCUT2D eigenvalue weighted by Gasteiger charge is 2.10. The van der Waals surface area contributed by atoms with Gasteiger partial charge in [-0.2, -0.15) is 0 Å². The Labute approximate surface area is 83.8 Å². The monoisotopic (exact) mass is 193 g/mol. The molecule has 0 saturated carbocycles. The van der Waals surface area contributed by atoms with Crippen LogP contribution in [0.4, 0.5) is 0 Å². The van der Waals surface area contributed by atoms with Crippen molar-refractivity contribution >= 4 is 17.0 Å². The minimum absolute atomic E-state index is 0.450. The second-order valence-electron chi connectivity index (χ2n) is 3.24. The summed E-state index contributed by atoms with van der Waals surface area (Å²) < 4.78 is 0. The van der Waals surface area contributed by atoms with Crippen LogP contribution in [0.15, 0.2) is 29.2 Å². The minimum atomic E-state index is 0.450. The van der Waals surface area contributed by atoms with Gasteiger partial charge in [-0.05, 0) is 24.3 Å². The van der Waals surface area contributed by atoms with E-state index in [1.54, 1.807) is 17.5 Å². The fourth-order valence-electron chi connectivity index (χ4n) is 1.28. The molecule has 0 aromatic carbocycles. The molecule has 1 aromatic rings. The maximum Gasteiger partial charge on any atom is 0.0511 e. The van der Waals surface area contributed by atoms with Gasteiger partial charge in [-0.15, -0.1) is 11.3 Å². The average molecular weight is 193 g/mol. The van der Waals surface area contributed by atoms with E-state index in [9.17, 15) is 0 Å². The molecule has 1 aromatic heterocycles. The predicted octanol–water partition coefficient (Wildman–Crippen LogP) is 3.65. The van der Waals surface area contributed by atoms with Crippen LogP contribution in [0.3, 0.4) is 0 Å². The first-order chi connectivity index (χ1) is 6.16. The Hall–Kier alpha value is -0.890. The van der Waals surface area contributed by atoms with Gasteiger partial charge in [0.25, 0.3) is 0 Å². The molecule has 1 rings (SSSR count). The maximum atomic E-state index is 4.31. The maximum absolute atomic E-state index is 4.31. The van der Waals surface area contributed by atoms with E-state index in [1.807, 2.05) is 0 Å². The quantitative estimate of drug-likeness (QED) is 0.650. The highest BCUT2D eigenvalue weighted by molar-refractivity contribution is 7.10. The van der Waals surface area contributed by atoms with Gasteiger partial charge in [0, 0.05) is 16.6 Å². The number of hydrogen-bond donors (Lipinski definition) is 0. The fraction of sp³-hybridized carbons (Fsp3) is 0.364. The van der Waals surface area contributed by atoms with Crippen molar-refractivity contribution < 1.29 is 0 Å². The molecule has 0 unspecified atom stereocenters. The lowest BCUT2D eigenvalue weighted by Gasteiger charge is -2.08. The van der Waals surface area contributed by atoms with Gasteiger partial charge in [0.1, 0.15) is 0 Å². The summed E-state index contributed by atoms with van der Waals surface area (Å²) in [6, 6.07) is 2.13. The largest absolute Gasteiger partial charge is 0.261 e. The van der Waals surface area contributed by atoms with Crippen molar-refractivity contribution in [1.29, 1.82) is 0 Å². The number of aliphatic imine (C=N–C) groups is 1. The van der Waals surface area contributed by atoms with Crippen LogP contribution >= 0.6 is 11.3 Å². The molecule has 0 radical (unpaired) electrons. The number of thiophene rings is 1. The Balaban J connectivity index is 3.09. The molecule has 0 saturated heterocycles. The zero-order valence-corrected chi connectivity index (χ0v) is 9.19. The van der Waals surface area contributed by atoms with Crippen molar-refractivity contribution in [2.45, 2.75) is 20.8 Å². The summed E-state index contributed by atoms with van der Waals surface area (Å²) in [4.78, 5) is 5.64. The second-order valence-corrected chi connectivity index (χ2v) is 4.36. The summed E-state index contributed by atoms with van der Waals surface area (Å²) >= 11 is 1.76. The minimum Gasteiger partial charge on any atom is -0.261 e. The molecule has 0 amide bonds. The van der Waals surface area contributed by atoms with Crippen LogP contribution < -0.4 is 0 Å². The second kappa shape index (κ2) is 4.38. The van der Waals surface area contributed by atoms with Gasteiger partial charge in [0.15, 0.2) is 0 Å². The third-order valence-corrected chi connectivity index (χ3v) is 2.76. The molecule has 70 valence electrons. The van der Waals surface area contributed by atoms with E-state index in [-0.39, 0.29) is 0 Å². The van der Waals surface area contributed by atoms with Crippen molar-refractivity contribution in [3.05, 3.63) is 34.7 Å². The molecule has 0 bridgehead atoms. The van der Waals surface area contributed by atoms with Crippen molar-refractivity contribution in [2.24, 2.45) is 10.9 Å². The summed E-state index contributed by atoms with van der Waals surface area (Å²) in [7, 11) is 0. The Morgan fingerprint density at radius 2 is 2.31 bits per heavy atom. The molecule has 0 aliphatic rings. The summed E-state index contributed by atoms with van der Waals surface area (Å²) in [6.07, 6.45) is 1.62. The highest BCUT2D eigenvalue weighted by atomic mass is 32.1. The third kappa shape index (κ3) is 2.28. The zero-order valence-electron chi connectivity index (χ0n) is 8.37. The molecule has 0 aliphatic heterocycles. The Kier molecular flexibility index (Phi) is 3.43. The van der Waals surface area contributed by atoms with Crippen LogP contribution in [-0.4, -0.2) is 5.71 Å². The lowest BCUT2D eigenvalue weighted by Crippen LogP contribution is -2.08. The first-order valence-corrected chi connectivity index (χ1v) is 5.27. The normalized spacial score (nSPS) is 12.2. The van der Waals surface area contributed by atoms with Crippen molar-refractivity contribution in [1.82, 2.24) is 0 Å². The Morgan fingerprint density at radius 3 is 2.69 bits per heavy atom. The molecule has 2 heteroatoms. The van der Waals surface area contributed by atoms with E-state index >= 15 is 0 Å². The smallest absolute Gasteiger partial charge is 0.0511 e. The van der Waals surface area contributed by atoms with Gasteiger partial charge < -0.3 is 0 Å². The zero-order chi connectivity index (χ0) is 9.84. The van der Waals surface area contributed by atoms with Crippen molar-refractivity contribution in [3.8, 4) is 0 Å². The predicted molar refractivity (Wildman–Crippen MR) is 60.6 cm³/mol. The Morgan fingerprint density at radius 1 is 1.62 bits per heavy atom. The highest BCUT2D eigenvalue weighted by Crippen LogP contribution is 2.19. The first kappa shape index (κ1) is 10.2. The van der Waals surface area contributed by atoms with Gasteiger partial charge in [-0.1, -0.05) is 20.4 Å². The van der Waals surface area contributed by atoms with Crippen molar-refractivity contribution in [3.63, 3.8) is 0 Å². The molecule has 1 nitrogen and oxygen atoms in total. The lowest BCUT2D eigenvalue weighted by molar-refractivity contribution is 0.884. The number of nitrogens with zero attached hydrogens (tertiary/aromatic N) is 1. The van der Waals surface area contributed by atoms with Crippen LogP contribution in [0.1, 0.15) is 24.3 Å². The molecule has 0 fully saturated rings. The fourth-order valence-corrected chi connectivity index (χ4v) is 1.99.